The maximum atomic E-state index is 12.5. The van der Waals surface area contributed by atoms with Crippen molar-refractivity contribution < 1.29 is 67.4 Å². The molecule has 0 aromatic heterocycles. The smallest absolute Gasteiger partial charge is 0.308 e. The zero-order valence-corrected chi connectivity index (χ0v) is 45.1. The lowest BCUT2D eigenvalue weighted by molar-refractivity contribution is -0.167. The van der Waals surface area contributed by atoms with Crippen molar-refractivity contribution in [3.63, 3.8) is 0 Å². The number of hydrogen-bond donors (Lipinski definition) is 2. The van der Waals surface area contributed by atoms with Crippen LogP contribution >= 0.6 is 0 Å². The molecule has 0 saturated heterocycles. The SMILES string of the molecule is CCCCCC(OC(=O)CCCC(=O)OCCN(C)C)C(O)C/C=C\CCCCCCCC(=O)OCOC(=O)CCCCCCC/C=C\CC(O)C(CCCCC)OC(=O)CCCC(=O)OCCN(C)C. The molecule has 16 nitrogen and oxygen atoms in total. The number of rotatable bonds is 48. The fourth-order valence-corrected chi connectivity index (χ4v) is 7.33. The van der Waals surface area contributed by atoms with Crippen molar-refractivity contribution in [3.05, 3.63) is 24.3 Å². The molecule has 0 aliphatic heterocycles. The Morgan fingerprint density at radius 1 is 0.408 bits per heavy atom. The Kier molecular flexibility index (Phi) is 44.6. The number of aliphatic hydroxyl groups is 2. The molecule has 0 bridgehead atoms. The molecule has 2 N–H and O–H groups in total. The van der Waals surface area contributed by atoms with Crippen LogP contribution in [0.2, 0.25) is 0 Å². The standard InChI is InChI=1S/C55H98N2O14/c1-7-9-23-33-48(70-54(64)39-29-37-50(60)66-43-41-56(3)4)46(58)31-25-19-15-11-13-17-21-27-35-52(62)68-45-69-53(63)36-28-22-18-14-12-16-20-26-32-47(59)49(34-24-10-8-2)71-55(65)40-30-38-51(61)67-44-42-57(5)6/h19-20,25-26,46-49,58-59H,7-18,21-24,27-45H2,1-6H3/b25-19-,26-20-. The first kappa shape index (κ1) is 67.1. The number of esters is 6. The second-order valence-electron chi connectivity index (χ2n) is 19.1. The van der Waals surface area contributed by atoms with Crippen LogP contribution in [-0.2, 0) is 57.2 Å². The van der Waals surface area contributed by atoms with E-state index in [-0.39, 0.29) is 69.2 Å². The van der Waals surface area contributed by atoms with Gasteiger partial charge in [0.2, 0.25) is 6.79 Å². The Labute approximate surface area is 428 Å². The minimum absolute atomic E-state index is 0.0993. The molecule has 0 radical (unpaired) electrons. The summed E-state index contributed by atoms with van der Waals surface area (Å²) in [5.74, 6) is -2.25. The average Bonchev–Trinajstić information content (AvgIpc) is 3.31. The normalized spacial score (nSPS) is 13.3. The summed E-state index contributed by atoms with van der Waals surface area (Å²) in [5, 5.41) is 21.6. The van der Waals surface area contributed by atoms with Crippen LogP contribution in [0.3, 0.4) is 0 Å². The number of nitrogens with zero attached hydrogens (tertiary/aromatic N) is 2. The summed E-state index contributed by atoms with van der Waals surface area (Å²) < 4.78 is 31.8. The topological polar surface area (TPSA) is 205 Å². The van der Waals surface area contributed by atoms with Crippen molar-refractivity contribution in [2.75, 3.05) is 61.3 Å². The van der Waals surface area contributed by atoms with Gasteiger partial charge in [-0.3, -0.25) is 28.8 Å². The predicted molar refractivity (Wildman–Crippen MR) is 276 cm³/mol. The summed E-state index contributed by atoms with van der Waals surface area (Å²) in [6.07, 6.45) is 25.4. The maximum absolute atomic E-state index is 12.5. The summed E-state index contributed by atoms with van der Waals surface area (Å²) in [6.45, 7) is 5.74. The van der Waals surface area contributed by atoms with Crippen LogP contribution < -0.4 is 0 Å². The third-order valence-corrected chi connectivity index (χ3v) is 11.8. The van der Waals surface area contributed by atoms with E-state index in [0.717, 1.165) is 103 Å². The van der Waals surface area contributed by atoms with E-state index in [1.54, 1.807) is 0 Å². The van der Waals surface area contributed by atoms with E-state index in [0.29, 0.717) is 77.7 Å². The van der Waals surface area contributed by atoms with Gasteiger partial charge in [-0.2, -0.15) is 0 Å². The Balaban J connectivity index is 4.08. The molecular formula is C55H98N2O14. The molecule has 0 amide bonds. The first-order chi connectivity index (χ1) is 34.2. The molecule has 71 heavy (non-hydrogen) atoms. The lowest BCUT2D eigenvalue weighted by atomic mass is 10.0. The highest BCUT2D eigenvalue weighted by molar-refractivity contribution is 5.73. The van der Waals surface area contributed by atoms with Gasteiger partial charge < -0.3 is 48.4 Å². The number of carbonyl (C=O) groups is 6. The lowest BCUT2D eigenvalue weighted by Gasteiger charge is -2.22. The van der Waals surface area contributed by atoms with Gasteiger partial charge in [-0.05, 0) is 118 Å². The Morgan fingerprint density at radius 3 is 1.13 bits per heavy atom. The van der Waals surface area contributed by atoms with E-state index in [2.05, 4.69) is 13.8 Å². The first-order valence-electron chi connectivity index (χ1n) is 27.1. The van der Waals surface area contributed by atoms with Crippen LogP contribution in [-0.4, -0.2) is 142 Å². The molecule has 0 heterocycles. The summed E-state index contributed by atoms with van der Waals surface area (Å²) in [5.41, 5.74) is 0. The van der Waals surface area contributed by atoms with Crippen molar-refractivity contribution >= 4 is 35.8 Å². The minimum Gasteiger partial charge on any atom is -0.464 e. The van der Waals surface area contributed by atoms with Crippen LogP contribution in [0.5, 0.6) is 0 Å². The fourth-order valence-electron chi connectivity index (χ4n) is 7.33. The van der Waals surface area contributed by atoms with Crippen molar-refractivity contribution in [2.45, 2.75) is 231 Å². The highest BCUT2D eigenvalue weighted by atomic mass is 16.7. The molecule has 4 unspecified atom stereocenters. The summed E-state index contributed by atoms with van der Waals surface area (Å²) in [6, 6.07) is 0. The molecule has 0 aliphatic carbocycles. The van der Waals surface area contributed by atoms with Crippen LogP contribution in [0, 0.1) is 0 Å². The zero-order valence-electron chi connectivity index (χ0n) is 45.1. The molecule has 0 saturated carbocycles. The van der Waals surface area contributed by atoms with E-state index in [9.17, 15) is 39.0 Å². The van der Waals surface area contributed by atoms with Gasteiger partial charge in [0, 0.05) is 51.6 Å². The van der Waals surface area contributed by atoms with Crippen molar-refractivity contribution in [2.24, 2.45) is 0 Å². The van der Waals surface area contributed by atoms with Crippen LogP contribution in [0.1, 0.15) is 206 Å². The van der Waals surface area contributed by atoms with Gasteiger partial charge in [0.15, 0.2) is 0 Å². The monoisotopic (exact) mass is 1010 g/mol. The highest BCUT2D eigenvalue weighted by Gasteiger charge is 2.24. The molecule has 412 valence electrons. The Morgan fingerprint density at radius 2 is 0.746 bits per heavy atom. The number of allylic oxidation sites excluding steroid dienone is 2. The average molecular weight is 1010 g/mol. The van der Waals surface area contributed by atoms with Crippen LogP contribution in [0.25, 0.3) is 0 Å². The second kappa shape index (κ2) is 47.2. The van der Waals surface area contributed by atoms with Crippen molar-refractivity contribution in [1.29, 1.82) is 0 Å². The molecule has 0 rings (SSSR count). The fraction of sp³-hybridized carbons (Fsp3) is 0.818. The van der Waals surface area contributed by atoms with E-state index >= 15 is 0 Å². The molecule has 16 heteroatoms. The van der Waals surface area contributed by atoms with Crippen LogP contribution in [0.15, 0.2) is 24.3 Å². The largest absolute Gasteiger partial charge is 0.464 e. The summed E-state index contributed by atoms with van der Waals surface area (Å²) in [7, 11) is 7.60. The van der Waals surface area contributed by atoms with E-state index in [1.807, 2.05) is 62.3 Å². The third-order valence-electron chi connectivity index (χ3n) is 11.8. The van der Waals surface area contributed by atoms with Gasteiger partial charge in [-0.25, -0.2) is 0 Å². The highest BCUT2D eigenvalue weighted by Crippen LogP contribution is 2.18. The predicted octanol–water partition coefficient (Wildman–Crippen LogP) is 9.64. The van der Waals surface area contributed by atoms with Crippen molar-refractivity contribution in [3.8, 4) is 0 Å². The third kappa shape index (κ3) is 44.6. The van der Waals surface area contributed by atoms with Gasteiger partial charge in [0.05, 0.1) is 12.2 Å². The van der Waals surface area contributed by atoms with Gasteiger partial charge >= 0.3 is 35.8 Å². The lowest BCUT2D eigenvalue weighted by Crippen LogP contribution is -2.31. The number of unbranched alkanes of at least 4 members (excludes halogenated alkanes) is 14. The number of likely N-dealkylation sites (N-methyl/N-ethyl adjacent to an activating group) is 2. The first-order valence-corrected chi connectivity index (χ1v) is 27.1. The maximum Gasteiger partial charge on any atom is 0.308 e. The molecule has 4 atom stereocenters. The summed E-state index contributed by atoms with van der Waals surface area (Å²) in [4.78, 5) is 76.9. The Bertz CT molecular complexity index is 1330. The van der Waals surface area contributed by atoms with Gasteiger partial charge in [0.25, 0.3) is 0 Å². The second-order valence-corrected chi connectivity index (χ2v) is 19.1. The molecule has 0 aromatic rings. The molecular weight excluding hydrogens is 913 g/mol. The molecule has 0 aromatic carbocycles. The summed E-state index contributed by atoms with van der Waals surface area (Å²) >= 11 is 0. The minimum atomic E-state index is -0.798. The van der Waals surface area contributed by atoms with E-state index in [4.69, 9.17) is 28.4 Å². The molecule has 0 aliphatic rings. The Hall–Kier alpha value is -3.86. The number of ether oxygens (including phenoxy) is 6. The zero-order chi connectivity index (χ0) is 52.7. The number of aliphatic hydroxyl groups excluding tert-OH is 2. The molecule has 0 spiro atoms. The molecule has 0 fully saturated rings. The van der Waals surface area contributed by atoms with Gasteiger partial charge in [-0.15, -0.1) is 0 Å². The van der Waals surface area contributed by atoms with Crippen molar-refractivity contribution in [1.82, 2.24) is 9.80 Å². The number of carbonyl (C=O) groups excluding carboxylic acids is 6. The van der Waals surface area contributed by atoms with Crippen LogP contribution in [0.4, 0.5) is 0 Å². The van der Waals surface area contributed by atoms with Gasteiger partial charge in [-0.1, -0.05) is 102 Å². The van der Waals surface area contributed by atoms with Gasteiger partial charge in [0.1, 0.15) is 25.4 Å². The number of hydrogen-bond acceptors (Lipinski definition) is 16. The quantitative estimate of drug-likeness (QED) is 0.0191. The van der Waals surface area contributed by atoms with E-state index < -0.39 is 36.4 Å². The van der Waals surface area contributed by atoms with E-state index in [1.165, 1.54) is 0 Å².